The van der Waals surface area contributed by atoms with Crippen molar-refractivity contribution in [1.29, 1.82) is 0 Å². The van der Waals surface area contributed by atoms with E-state index >= 15 is 0 Å². The molecule has 6 heteroatoms. The highest BCUT2D eigenvalue weighted by molar-refractivity contribution is 5.92. The SMILES string of the molecule is CC(C)[C@H](NC(=O)CCCCCC(C)(C)C)C(=O)N[C@@H](C)C(=O)NC(C)(C)C. The maximum Gasteiger partial charge on any atom is 0.243 e. The summed E-state index contributed by atoms with van der Waals surface area (Å²) in [5.41, 5.74) is -0.0478. The number of carbonyl (C=O) groups is 3. The van der Waals surface area contributed by atoms with Crippen molar-refractivity contribution in [2.45, 2.75) is 112 Å². The molecule has 0 rings (SSSR count). The second-order valence-electron chi connectivity index (χ2n) is 10.4. The van der Waals surface area contributed by atoms with Gasteiger partial charge in [0.15, 0.2) is 0 Å². The van der Waals surface area contributed by atoms with Crippen LogP contribution in [-0.4, -0.2) is 35.3 Å². The largest absolute Gasteiger partial charge is 0.350 e. The minimum absolute atomic E-state index is 0.0669. The van der Waals surface area contributed by atoms with Crippen molar-refractivity contribution in [1.82, 2.24) is 16.0 Å². The van der Waals surface area contributed by atoms with E-state index in [1.807, 2.05) is 34.6 Å². The Labute approximate surface area is 172 Å². The molecule has 0 heterocycles. The molecule has 2 atom stereocenters. The van der Waals surface area contributed by atoms with Crippen LogP contribution in [0, 0.1) is 11.3 Å². The van der Waals surface area contributed by atoms with Crippen LogP contribution in [0.25, 0.3) is 0 Å². The number of rotatable bonds is 10. The van der Waals surface area contributed by atoms with E-state index in [0.29, 0.717) is 11.8 Å². The Morgan fingerprint density at radius 2 is 1.36 bits per heavy atom. The number of unbranched alkanes of at least 4 members (excludes halogenated alkanes) is 2. The van der Waals surface area contributed by atoms with Gasteiger partial charge in [-0.25, -0.2) is 0 Å². The molecule has 0 aromatic carbocycles. The molecule has 0 aliphatic rings. The molecule has 0 aliphatic heterocycles. The van der Waals surface area contributed by atoms with E-state index < -0.39 is 12.1 Å². The second kappa shape index (κ2) is 11.4. The maximum atomic E-state index is 12.6. The third-order valence-electron chi connectivity index (χ3n) is 4.35. The molecule has 0 bridgehead atoms. The third-order valence-corrected chi connectivity index (χ3v) is 4.35. The van der Waals surface area contributed by atoms with Crippen LogP contribution in [0.3, 0.4) is 0 Å². The first-order chi connectivity index (χ1) is 12.6. The first kappa shape index (κ1) is 26.4. The topological polar surface area (TPSA) is 87.3 Å². The van der Waals surface area contributed by atoms with Crippen LogP contribution in [0.4, 0.5) is 0 Å². The Hall–Kier alpha value is -1.59. The average molecular weight is 398 g/mol. The summed E-state index contributed by atoms with van der Waals surface area (Å²) < 4.78 is 0. The van der Waals surface area contributed by atoms with Crippen molar-refractivity contribution in [3.8, 4) is 0 Å². The van der Waals surface area contributed by atoms with E-state index in [9.17, 15) is 14.4 Å². The van der Waals surface area contributed by atoms with Gasteiger partial charge in [-0.15, -0.1) is 0 Å². The lowest BCUT2D eigenvalue weighted by molar-refractivity contribution is -0.133. The number of carbonyl (C=O) groups excluding carboxylic acids is 3. The molecule has 28 heavy (non-hydrogen) atoms. The quantitative estimate of drug-likeness (QED) is 0.493. The number of hydrogen-bond acceptors (Lipinski definition) is 3. The Morgan fingerprint density at radius 3 is 1.82 bits per heavy atom. The third kappa shape index (κ3) is 12.7. The monoisotopic (exact) mass is 397 g/mol. The van der Waals surface area contributed by atoms with Crippen molar-refractivity contribution in [2.75, 3.05) is 0 Å². The van der Waals surface area contributed by atoms with Crippen LogP contribution in [0.1, 0.15) is 94.4 Å². The molecular formula is C22H43N3O3. The molecular weight excluding hydrogens is 354 g/mol. The lowest BCUT2D eigenvalue weighted by Crippen LogP contribution is -2.56. The van der Waals surface area contributed by atoms with E-state index in [2.05, 4.69) is 36.7 Å². The van der Waals surface area contributed by atoms with Gasteiger partial charge in [0.2, 0.25) is 17.7 Å². The number of hydrogen-bond donors (Lipinski definition) is 3. The first-order valence-corrected chi connectivity index (χ1v) is 10.5. The van der Waals surface area contributed by atoms with Crippen LogP contribution in [0.2, 0.25) is 0 Å². The standard InChI is InChI=1S/C22H43N3O3/c1-15(2)18(20(28)23-16(3)19(27)25-22(7,8)9)24-17(26)13-11-10-12-14-21(4,5)6/h15-16,18H,10-14H2,1-9H3,(H,23,28)(H,24,26)(H,25,27)/t16-,18-/m0/s1. The summed E-state index contributed by atoms with van der Waals surface area (Å²) in [5, 5.41) is 8.39. The van der Waals surface area contributed by atoms with E-state index in [-0.39, 0.29) is 29.2 Å². The molecule has 0 unspecified atom stereocenters. The Bertz CT molecular complexity index is 516. The maximum absolute atomic E-state index is 12.6. The normalized spacial score (nSPS) is 14.4. The molecule has 0 saturated carbocycles. The highest BCUT2D eigenvalue weighted by atomic mass is 16.2. The van der Waals surface area contributed by atoms with Gasteiger partial charge in [-0.3, -0.25) is 14.4 Å². The van der Waals surface area contributed by atoms with Gasteiger partial charge in [0.1, 0.15) is 12.1 Å². The zero-order chi connectivity index (χ0) is 22.1. The predicted molar refractivity (Wildman–Crippen MR) is 115 cm³/mol. The predicted octanol–water partition coefficient (Wildman–Crippen LogP) is 3.54. The Kier molecular flexibility index (Phi) is 10.8. The number of amides is 3. The van der Waals surface area contributed by atoms with Gasteiger partial charge in [-0.2, -0.15) is 0 Å². The average Bonchev–Trinajstić information content (AvgIpc) is 2.48. The summed E-state index contributed by atoms with van der Waals surface area (Å²) in [6.07, 6.45) is 4.48. The highest BCUT2D eigenvalue weighted by Crippen LogP contribution is 2.22. The molecule has 3 amide bonds. The molecule has 6 nitrogen and oxygen atoms in total. The van der Waals surface area contributed by atoms with E-state index in [1.165, 1.54) is 0 Å². The summed E-state index contributed by atoms with van der Waals surface area (Å²) in [4.78, 5) is 37.0. The van der Waals surface area contributed by atoms with Crippen molar-refractivity contribution in [3.63, 3.8) is 0 Å². The molecule has 0 saturated heterocycles. The van der Waals surface area contributed by atoms with E-state index in [0.717, 1.165) is 25.7 Å². The van der Waals surface area contributed by atoms with E-state index in [1.54, 1.807) is 6.92 Å². The summed E-state index contributed by atoms with van der Waals surface area (Å²) in [5.74, 6) is -0.750. The van der Waals surface area contributed by atoms with Gasteiger partial charge in [0.25, 0.3) is 0 Å². The zero-order valence-electron chi connectivity index (χ0n) is 19.5. The van der Waals surface area contributed by atoms with Gasteiger partial charge in [0.05, 0.1) is 0 Å². The fraction of sp³-hybridized carbons (Fsp3) is 0.864. The van der Waals surface area contributed by atoms with Crippen molar-refractivity contribution >= 4 is 17.7 Å². The molecule has 0 radical (unpaired) electrons. The van der Waals surface area contributed by atoms with Gasteiger partial charge in [0, 0.05) is 12.0 Å². The van der Waals surface area contributed by atoms with Crippen molar-refractivity contribution in [3.05, 3.63) is 0 Å². The summed E-state index contributed by atoms with van der Waals surface area (Å²) in [6.45, 7) is 17.7. The van der Waals surface area contributed by atoms with Gasteiger partial charge < -0.3 is 16.0 Å². The van der Waals surface area contributed by atoms with Crippen molar-refractivity contribution in [2.24, 2.45) is 11.3 Å². The van der Waals surface area contributed by atoms with Crippen LogP contribution < -0.4 is 16.0 Å². The van der Waals surface area contributed by atoms with Gasteiger partial charge >= 0.3 is 0 Å². The molecule has 0 aliphatic carbocycles. The number of nitrogens with one attached hydrogen (secondary N) is 3. The fourth-order valence-electron chi connectivity index (χ4n) is 2.74. The molecule has 0 fully saturated rings. The van der Waals surface area contributed by atoms with Gasteiger partial charge in [-0.05, 0) is 51.9 Å². The lowest BCUT2D eigenvalue weighted by Gasteiger charge is -2.26. The zero-order valence-corrected chi connectivity index (χ0v) is 19.5. The molecule has 0 aromatic heterocycles. The minimum Gasteiger partial charge on any atom is -0.350 e. The molecule has 164 valence electrons. The van der Waals surface area contributed by atoms with E-state index in [4.69, 9.17) is 0 Å². The Balaban J connectivity index is 4.51. The smallest absolute Gasteiger partial charge is 0.243 e. The lowest BCUT2D eigenvalue weighted by atomic mass is 9.89. The molecule has 0 aromatic rings. The second-order valence-corrected chi connectivity index (χ2v) is 10.4. The van der Waals surface area contributed by atoms with Gasteiger partial charge in [-0.1, -0.05) is 47.5 Å². The van der Waals surface area contributed by atoms with Crippen molar-refractivity contribution < 1.29 is 14.4 Å². The molecule has 3 N–H and O–H groups in total. The molecule has 0 spiro atoms. The fourth-order valence-corrected chi connectivity index (χ4v) is 2.74. The van der Waals surface area contributed by atoms with Crippen LogP contribution >= 0.6 is 0 Å². The van der Waals surface area contributed by atoms with Crippen LogP contribution in [0.5, 0.6) is 0 Å². The highest BCUT2D eigenvalue weighted by Gasteiger charge is 2.27. The Morgan fingerprint density at radius 1 is 0.786 bits per heavy atom. The first-order valence-electron chi connectivity index (χ1n) is 10.5. The van der Waals surface area contributed by atoms with Crippen LogP contribution in [0.15, 0.2) is 0 Å². The minimum atomic E-state index is -0.665. The summed E-state index contributed by atoms with van der Waals surface area (Å²) >= 11 is 0. The van der Waals surface area contributed by atoms with Crippen LogP contribution in [-0.2, 0) is 14.4 Å². The summed E-state index contributed by atoms with van der Waals surface area (Å²) in [7, 11) is 0. The summed E-state index contributed by atoms with van der Waals surface area (Å²) in [6, 6.07) is -1.31.